The van der Waals surface area contributed by atoms with Gasteiger partial charge in [-0.3, -0.25) is 0 Å². The number of carbonyl (C=O) groups is 2. The molecule has 1 rings (SSSR count). The summed E-state index contributed by atoms with van der Waals surface area (Å²) in [4.78, 5) is 23.1. The Hall–Kier alpha value is -2.24. The molecule has 0 aliphatic rings. The van der Waals surface area contributed by atoms with Crippen LogP contribution in [0.3, 0.4) is 0 Å². The van der Waals surface area contributed by atoms with E-state index in [2.05, 4.69) is 10.6 Å². The molecule has 0 saturated heterocycles. The van der Waals surface area contributed by atoms with Crippen molar-refractivity contribution in [1.82, 2.24) is 10.6 Å². The number of carbonyl (C=O) groups excluding carboxylic acids is 1. The van der Waals surface area contributed by atoms with E-state index in [4.69, 9.17) is 0 Å². The van der Waals surface area contributed by atoms with E-state index in [1.807, 2.05) is 20.8 Å². The number of aliphatic carboxylic acids is 1. The van der Waals surface area contributed by atoms with Crippen LogP contribution in [0.4, 0.5) is 4.79 Å². The van der Waals surface area contributed by atoms with Crippen LogP contribution >= 0.6 is 0 Å². The van der Waals surface area contributed by atoms with E-state index >= 15 is 0 Å². The fourth-order valence-corrected chi connectivity index (χ4v) is 1.66. The Morgan fingerprint density at radius 3 is 2.29 bits per heavy atom. The van der Waals surface area contributed by atoms with E-state index in [1.165, 1.54) is 12.1 Å². The summed E-state index contributed by atoms with van der Waals surface area (Å²) in [6.07, 6.45) is 0.881. The highest BCUT2D eigenvalue weighted by atomic mass is 16.4. The number of hydrogen-bond acceptors (Lipinski definition) is 3. The van der Waals surface area contributed by atoms with Crippen molar-refractivity contribution < 1.29 is 19.8 Å². The molecule has 0 unspecified atom stereocenters. The van der Waals surface area contributed by atoms with Crippen LogP contribution < -0.4 is 10.6 Å². The molecule has 21 heavy (non-hydrogen) atoms. The number of phenols is 1. The second-order valence-electron chi connectivity index (χ2n) is 5.60. The van der Waals surface area contributed by atoms with Crippen LogP contribution in [0.2, 0.25) is 0 Å². The van der Waals surface area contributed by atoms with E-state index < -0.39 is 23.6 Å². The van der Waals surface area contributed by atoms with Crippen LogP contribution in [0.5, 0.6) is 5.75 Å². The van der Waals surface area contributed by atoms with Crippen molar-refractivity contribution in [2.75, 3.05) is 0 Å². The molecule has 116 valence electrons. The van der Waals surface area contributed by atoms with Gasteiger partial charge in [0.05, 0.1) is 0 Å². The van der Waals surface area contributed by atoms with Gasteiger partial charge in [0, 0.05) is 12.0 Å². The van der Waals surface area contributed by atoms with Crippen molar-refractivity contribution in [3.05, 3.63) is 29.8 Å². The third-order valence-corrected chi connectivity index (χ3v) is 3.32. The SMILES string of the molecule is CCC(C)(C)NC(=O)N[C@@H](Cc1ccc(O)cc1)C(=O)O. The molecule has 6 heteroatoms. The summed E-state index contributed by atoms with van der Waals surface area (Å²) in [6, 6.07) is 4.68. The lowest BCUT2D eigenvalue weighted by atomic mass is 10.0. The minimum absolute atomic E-state index is 0.112. The fourth-order valence-electron chi connectivity index (χ4n) is 1.66. The Bertz CT molecular complexity index is 497. The second kappa shape index (κ2) is 6.97. The van der Waals surface area contributed by atoms with E-state index in [1.54, 1.807) is 12.1 Å². The maximum absolute atomic E-state index is 11.9. The Morgan fingerprint density at radius 1 is 1.24 bits per heavy atom. The van der Waals surface area contributed by atoms with Crippen molar-refractivity contribution in [2.45, 2.75) is 45.2 Å². The number of amides is 2. The average molecular weight is 294 g/mol. The number of aromatic hydroxyl groups is 1. The zero-order valence-electron chi connectivity index (χ0n) is 12.5. The molecule has 0 spiro atoms. The van der Waals surface area contributed by atoms with Gasteiger partial charge < -0.3 is 20.8 Å². The Morgan fingerprint density at radius 2 is 1.81 bits per heavy atom. The first-order chi connectivity index (χ1) is 9.73. The lowest BCUT2D eigenvalue weighted by Crippen LogP contribution is -2.53. The second-order valence-corrected chi connectivity index (χ2v) is 5.60. The Balaban J connectivity index is 2.68. The maximum Gasteiger partial charge on any atom is 0.326 e. The van der Waals surface area contributed by atoms with Crippen molar-refractivity contribution in [3.63, 3.8) is 0 Å². The Kier molecular flexibility index (Phi) is 5.58. The van der Waals surface area contributed by atoms with Crippen LogP contribution in [-0.2, 0) is 11.2 Å². The molecule has 2 amide bonds. The number of hydrogen-bond donors (Lipinski definition) is 4. The molecule has 1 aromatic rings. The number of carboxylic acid groups (broad SMARTS) is 1. The standard InChI is InChI=1S/C15H22N2O4/c1-4-15(2,3)17-14(21)16-12(13(19)20)9-10-5-7-11(18)8-6-10/h5-8,12,18H,4,9H2,1-3H3,(H,19,20)(H2,16,17,21)/t12-/m0/s1. The minimum Gasteiger partial charge on any atom is -0.508 e. The number of phenolic OH excluding ortho intramolecular Hbond substituents is 1. The molecule has 0 saturated carbocycles. The summed E-state index contributed by atoms with van der Waals surface area (Å²) in [5.41, 5.74) is 0.321. The highest BCUT2D eigenvalue weighted by Gasteiger charge is 2.23. The average Bonchev–Trinajstić information content (AvgIpc) is 2.39. The topological polar surface area (TPSA) is 98.7 Å². The van der Waals surface area contributed by atoms with Gasteiger partial charge in [0.2, 0.25) is 0 Å². The number of carboxylic acids is 1. The lowest BCUT2D eigenvalue weighted by molar-refractivity contribution is -0.139. The van der Waals surface area contributed by atoms with E-state index in [9.17, 15) is 19.8 Å². The summed E-state index contributed by atoms with van der Waals surface area (Å²) in [7, 11) is 0. The zero-order chi connectivity index (χ0) is 16.0. The first-order valence-electron chi connectivity index (χ1n) is 6.83. The predicted molar refractivity (Wildman–Crippen MR) is 79.3 cm³/mol. The fraction of sp³-hybridized carbons (Fsp3) is 0.467. The van der Waals surface area contributed by atoms with E-state index in [0.29, 0.717) is 0 Å². The van der Waals surface area contributed by atoms with Gasteiger partial charge in [-0.2, -0.15) is 0 Å². The minimum atomic E-state index is -1.10. The molecule has 0 aliphatic heterocycles. The van der Waals surface area contributed by atoms with Crippen LogP contribution in [0, 0.1) is 0 Å². The lowest BCUT2D eigenvalue weighted by Gasteiger charge is -2.26. The largest absolute Gasteiger partial charge is 0.508 e. The molecule has 0 aliphatic carbocycles. The van der Waals surface area contributed by atoms with Crippen LogP contribution in [0.25, 0.3) is 0 Å². The van der Waals surface area contributed by atoms with Gasteiger partial charge in [-0.1, -0.05) is 19.1 Å². The molecular weight excluding hydrogens is 272 g/mol. The molecule has 4 N–H and O–H groups in total. The van der Waals surface area contributed by atoms with Gasteiger partial charge >= 0.3 is 12.0 Å². The molecule has 0 fully saturated rings. The molecule has 0 aromatic heterocycles. The summed E-state index contributed by atoms with van der Waals surface area (Å²) in [5, 5.41) is 23.6. The van der Waals surface area contributed by atoms with Crippen molar-refractivity contribution >= 4 is 12.0 Å². The molecule has 6 nitrogen and oxygen atoms in total. The molecule has 0 heterocycles. The number of rotatable bonds is 6. The van der Waals surface area contributed by atoms with E-state index in [-0.39, 0.29) is 12.2 Å². The van der Waals surface area contributed by atoms with Crippen molar-refractivity contribution in [1.29, 1.82) is 0 Å². The first-order valence-corrected chi connectivity index (χ1v) is 6.83. The van der Waals surface area contributed by atoms with Gasteiger partial charge in [0.15, 0.2) is 0 Å². The van der Waals surface area contributed by atoms with Gasteiger partial charge in [-0.15, -0.1) is 0 Å². The van der Waals surface area contributed by atoms with Gasteiger partial charge in [-0.05, 0) is 38.0 Å². The van der Waals surface area contributed by atoms with Crippen LogP contribution in [0.1, 0.15) is 32.8 Å². The maximum atomic E-state index is 11.9. The number of benzene rings is 1. The highest BCUT2D eigenvalue weighted by molar-refractivity contribution is 5.83. The third kappa shape index (κ3) is 5.72. The molecule has 1 atom stereocenters. The van der Waals surface area contributed by atoms with Gasteiger partial charge in [-0.25, -0.2) is 9.59 Å². The van der Waals surface area contributed by atoms with Crippen LogP contribution in [-0.4, -0.2) is 33.8 Å². The van der Waals surface area contributed by atoms with Gasteiger partial charge in [0.25, 0.3) is 0 Å². The molecule has 1 aromatic carbocycles. The summed E-state index contributed by atoms with van der Waals surface area (Å²) in [5.74, 6) is -0.992. The van der Waals surface area contributed by atoms with Gasteiger partial charge in [0.1, 0.15) is 11.8 Å². The quantitative estimate of drug-likeness (QED) is 0.643. The highest BCUT2D eigenvalue weighted by Crippen LogP contribution is 2.12. The Labute approximate surface area is 124 Å². The summed E-state index contributed by atoms with van der Waals surface area (Å²) >= 11 is 0. The number of urea groups is 1. The van der Waals surface area contributed by atoms with Crippen LogP contribution in [0.15, 0.2) is 24.3 Å². The molecular formula is C15H22N2O4. The van der Waals surface area contributed by atoms with E-state index in [0.717, 1.165) is 12.0 Å². The number of nitrogens with one attached hydrogen (secondary N) is 2. The molecule has 0 bridgehead atoms. The smallest absolute Gasteiger partial charge is 0.326 e. The third-order valence-electron chi connectivity index (χ3n) is 3.32. The first kappa shape index (κ1) is 16.8. The van der Waals surface area contributed by atoms with Crippen molar-refractivity contribution in [3.8, 4) is 5.75 Å². The normalized spacial score (nSPS) is 12.5. The monoisotopic (exact) mass is 294 g/mol. The predicted octanol–water partition coefficient (Wildman–Crippen LogP) is 1.88. The summed E-state index contributed by atoms with van der Waals surface area (Å²) in [6.45, 7) is 5.66. The molecule has 0 radical (unpaired) electrons. The van der Waals surface area contributed by atoms with Crippen molar-refractivity contribution in [2.24, 2.45) is 0 Å². The zero-order valence-corrected chi connectivity index (χ0v) is 12.5. The summed E-state index contributed by atoms with van der Waals surface area (Å²) < 4.78 is 0.